The van der Waals surface area contributed by atoms with E-state index >= 15 is 0 Å². The van der Waals surface area contributed by atoms with Crippen LogP contribution in [-0.2, 0) is 14.3 Å². The molecule has 0 bridgehead atoms. The molecular formula is C25H22Cl2N2O5. The molecule has 4 rings (SSSR count). The standard InChI is InChI=1S/C25H22Cl2N2O5/c1-32-25(31)16-2-7-22(29-10-12-33-13-11-29)21(14-16)28-24(30)9-5-18-4-8-23(34-18)19-6-3-17(26)15-20(19)27/h2-9,14-15H,10-13H2,1H3,(H,28,30)/b9-5+. The van der Waals surface area contributed by atoms with Gasteiger partial charge in [-0.1, -0.05) is 23.2 Å². The van der Waals surface area contributed by atoms with Gasteiger partial charge >= 0.3 is 5.97 Å². The summed E-state index contributed by atoms with van der Waals surface area (Å²) in [7, 11) is 1.31. The lowest BCUT2D eigenvalue weighted by Gasteiger charge is -2.30. The molecule has 0 spiro atoms. The van der Waals surface area contributed by atoms with Crippen molar-refractivity contribution in [3.8, 4) is 11.3 Å². The summed E-state index contributed by atoms with van der Waals surface area (Å²) >= 11 is 12.2. The molecule has 1 aliphatic rings. The second-order valence-corrected chi connectivity index (χ2v) is 8.32. The van der Waals surface area contributed by atoms with Gasteiger partial charge in [-0.15, -0.1) is 0 Å². The summed E-state index contributed by atoms with van der Waals surface area (Å²) in [6.45, 7) is 2.53. The molecule has 0 unspecified atom stereocenters. The van der Waals surface area contributed by atoms with Gasteiger partial charge < -0.3 is 24.1 Å². The first-order valence-corrected chi connectivity index (χ1v) is 11.3. The second-order valence-electron chi connectivity index (χ2n) is 7.47. The molecule has 7 nitrogen and oxygen atoms in total. The Bertz CT molecular complexity index is 1230. The number of furan rings is 1. The summed E-state index contributed by atoms with van der Waals surface area (Å²) in [5.41, 5.74) is 2.35. The monoisotopic (exact) mass is 500 g/mol. The lowest BCUT2D eigenvalue weighted by Crippen LogP contribution is -2.36. The Balaban J connectivity index is 1.52. The van der Waals surface area contributed by atoms with E-state index in [4.69, 9.17) is 37.1 Å². The fourth-order valence-electron chi connectivity index (χ4n) is 3.57. The summed E-state index contributed by atoms with van der Waals surface area (Å²) in [6.07, 6.45) is 2.92. The van der Waals surface area contributed by atoms with Crippen LogP contribution in [-0.4, -0.2) is 45.3 Å². The van der Waals surface area contributed by atoms with Crippen LogP contribution in [0.5, 0.6) is 0 Å². The van der Waals surface area contributed by atoms with Crippen LogP contribution in [0.1, 0.15) is 16.1 Å². The number of carbonyl (C=O) groups is 2. The number of methoxy groups -OCH3 is 1. The molecule has 1 N–H and O–H groups in total. The van der Waals surface area contributed by atoms with Crippen molar-refractivity contribution in [2.45, 2.75) is 0 Å². The zero-order chi connectivity index (χ0) is 24.1. The Labute approximate surface area is 206 Å². The molecule has 34 heavy (non-hydrogen) atoms. The van der Waals surface area contributed by atoms with Gasteiger partial charge in [-0.05, 0) is 54.6 Å². The van der Waals surface area contributed by atoms with Gasteiger partial charge in [-0.3, -0.25) is 4.79 Å². The summed E-state index contributed by atoms with van der Waals surface area (Å²) < 4.78 is 16.0. The van der Waals surface area contributed by atoms with E-state index in [2.05, 4.69) is 10.2 Å². The first kappa shape index (κ1) is 23.9. The molecule has 0 atom stereocenters. The lowest BCUT2D eigenvalue weighted by atomic mass is 10.1. The number of carbonyl (C=O) groups excluding carboxylic acids is 2. The van der Waals surface area contributed by atoms with Gasteiger partial charge in [-0.25, -0.2) is 4.79 Å². The number of nitrogens with zero attached hydrogens (tertiary/aromatic N) is 1. The molecule has 2 aromatic carbocycles. The zero-order valence-electron chi connectivity index (χ0n) is 18.3. The van der Waals surface area contributed by atoms with Crippen molar-refractivity contribution in [2.75, 3.05) is 43.6 Å². The third-order valence-corrected chi connectivity index (χ3v) is 5.80. The Hall–Kier alpha value is -3.26. The van der Waals surface area contributed by atoms with Crippen LogP contribution < -0.4 is 10.2 Å². The Morgan fingerprint density at radius 2 is 1.85 bits per heavy atom. The number of morpholine rings is 1. The number of amides is 1. The molecule has 0 aliphatic carbocycles. The highest BCUT2D eigenvalue weighted by Gasteiger charge is 2.18. The molecular weight excluding hydrogens is 479 g/mol. The third-order valence-electron chi connectivity index (χ3n) is 5.25. The average molecular weight is 501 g/mol. The quantitative estimate of drug-likeness (QED) is 0.354. The van der Waals surface area contributed by atoms with E-state index in [1.165, 1.54) is 13.2 Å². The van der Waals surface area contributed by atoms with Crippen molar-refractivity contribution in [2.24, 2.45) is 0 Å². The van der Waals surface area contributed by atoms with Gasteiger partial charge in [-0.2, -0.15) is 0 Å². The van der Waals surface area contributed by atoms with Crippen molar-refractivity contribution < 1.29 is 23.5 Å². The fraction of sp³-hybridized carbons (Fsp3) is 0.200. The highest BCUT2D eigenvalue weighted by atomic mass is 35.5. The van der Waals surface area contributed by atoms with E-state index in [1.54, 1.807) is 54.6 Å². The molecule has 2 heterocycles. The lowest BCUT2D eigenvalue weighted by molar-refractivity contribution is -0.111. The SMILES string of the molecule is COC(=O)c1ccc(N2CCOCC2)c(NC(=O)/C=C/c2ccc(-c3ccc(Cl)cc3Cl)o2)c1. The number of halogens is 2. The highest BCUT2D eigenvalue weighted by molar-refractivity contribution is 6.36. The molecule has 1 aliphatic heterocycles. The zero-order valence-corrected chi connectivity index (χ0v) is 19.9. The van der Waals surface area contributed by atoms with Crippen LogP contribution in [0.15, 0.2) is 59.0 Å². The predicted molar refractivity (Wildman–Crippen MR) is 133 cm³/mol. The van der Waals surface area contributed by atoms with Gasteiger partial charge in [0.05, 0.1) is 42.3 Å². The number of hydrogen-bond donors (Lipinski definition) is 1. The topological polar surface area (TPSA) is 81.0 Å². The van der Waals surface area contributed by atoms with E-state index < -0.39 is 5.97 Å². The maximum atomic E-state index is 12.7. The van der Waals surface area contributed by atoms with Crippen molar-refractivity contribution in [1.29, 1.82) is 0 Å². The molecule has 1 saturated heterocycles. The maximum Gasteiger partial charge on any atom is 0.337 e. The minimum absolute atomic E-state index is 0.342. The number of benzene rings is 2. The third kappa shape index (κ3) is 5.62. The van der Waals surface area contributed by atoms with Crippen LogP contribution >= 0.6 is 23.2 Å². The fourth-order valence-corrected chi connectivity index (χ4v) is 4.07. The number of nitrogens with one attached hydrogen (secondary N) is 1. The van der Waals surface area contributed by atoms with Crippen molar-refractivity contribution in [3.63, 3.8) is 0 Å². The number of anilines is 2. The predicted octanol–water partition coefficient (Wildman–Crippen LogP) is 5.53. The Kier molecular flexibility index (Phi) is 7.57. The summed E-state index contributed by atoms with van der Waals surface area (Å²) in [5, 5.41) is 3.86. The average Bonchev–Trinajstić information content (AvgIpc) is 3.31. The van der Waals surface area contributed by atoms with E-state index in [9.17, 15) is 9.59 Å². The van der Waals surface area contributed by atoms with Crippen molar-refractivity contribution in [3.05, 3.63) is 76.0 Å². The van der Waals surface area contributed by atoms with E-state index in [0.29, 0.717) is 64.7 Å². The number of hydrogen-bond acceptors (Lipinski definition) is 6. The molecule has 1 aromatic heterocycles. The molecule has 9 heteroatoms. The molecule has 1 fully saturated rings. The number of esters is 1. The molecule has 0 saturated carbocycles. The van der Waals surface area contributed by atoms with Crippen molar-refractivity contribution >= 4 is 52.5 Å². The molecule has 3 aromatic rings. The van der Waals surface area contributed by atoms with Crippen LogP contribution in [0.4, 0.5) is 11.4 Å². The van der Waals surface area contributed by atoms with Crippen LogP contribution in [0.3, 0.4) is 0 Å². The van der Waals surface area contributed by atoms with E-state index in [0.717, 1.165) is 5.69 Å². The molecule has 0 radical (unpaired) electrons. The first-order valence-electron chi connectivity index (χ1n) is 10.5. The highest BCUT2D eigenvalue weighted by Crippen LogP contribution is 2.32. The number of ether oxygens (including phenoxy) is 2. The number of rotatable bonds is 6. The van der Waals surface area contributed by atoms with Gasteiger partial charge in [0.2, 0.25) is 5.91 Å². The molecule has 1 amide bonds. The van der Waals surface area contributed by atoms with Gasteiger partial charge in [0.1, 0.15) is 11.5 Å². The summed E-state index contributed by atoms with van der Waals surface area (Å²) in [6, 6.07) is 13.7. The van der Waals surface area contributed by atoms with Crippen LogP contribution in [0.25, 0.3) is 17.4 Å². The minimum atomic E-state index is -0.483. The van der Waals surface area contributed by atoms with Gasteiger partial charge in [0.15, 0.2) is 0 Å². The first-order chi connectivity index (χ1) is 16.4. The minimum Gasteiger partial charge on any atom is -0.465 e. The normalized spacial score (nSPS) is 13.8. The maximum absolute atomic E-state index is 12.7. The van der Waals surface area contributed by atoms with Gasteiger partial charge in [0, 0.05) is 29.8 Å². The van der Waals surface area contributed by atoms with Gasteiger partial charge in [0.25, 0.3) is 0 Å². The van der Waals surface area contributed by atoms with E-state index in [-0.39, 0.29) is 5.91 Å². The summed E-state index contributed by atoms with van der Waals surface area (Å²) in [5.74, 6) is 0.178. The second kappa shape index (κ2) is 10.8. The molecule has 176 valence electrons. The largest absolute Gasteiger partial charge is 0.465 e. The summed E-state index contributed by atoms with van der Waals surface area (Å²) in [4.78, 5) is 26.8. The van der Waals surface area contributed by atoms with Crippen LogP contribution in [0, 0.1) is 0 Å². The van der Waals surface area contributed by atoms with Crippen LogP contribution in [0.2, 0.25) is 10.0 Å². The van der Waals surface area contributed by atoms with Crippen molar-refractivity contribution in [1.82, 2.24) is 0 Å². The van der Waals surface area contributed by atoms with E-state index in [1.807, 2.05) is 0 Å². The Morgan fingerprint density at radius 1 is 1.06 bits per heavy atom. The smallest absolute Gasteiger partial charge is 0.337 e. The Morgan fingerprint density at radius 3 is 2.59 bits per heavy atom.